The molecular weight excluding hydrogens is 246 g/mol. The Balaban J connectivity index is 2.49. The van der Waals surface area contributed by atoms with Crippen LogP contribution in [0.4, 0.5) is 0 Å². The summed E-state index contributed by atoms with van der Waals surface area (Å²) >= 11 is 0. The Morgan fingerprint density at radius 1 is 1.37 bits per heavy atom. The average Bonchev–Trinajstić information content (AvgIpc) is 2.71. The van der Waals surface area contributed by atoms with Crippen LogP contribution in [0, 0.1) is 6.92 Å². The Bertz CT molecular complexity index is 857. The molecule has 0 saturated carbocycles. The summed E-state index contributed by atoms with van der Waals surface area (Å²) in [5, 5.41) is 0.720. The molecule has 0 unspecified atom stereocenters. The van der Waals surface area contributed by atoms with Gasteiger partial charge in [-0.25, -0.2) is 9.59 Å². The van der Waals surface area contributed by atoms with Crippen molar-refractivity contribution < 1.29 is 13.9 Å². The van der Waals surface area contributed by atoms with E-state index in [2.05, 4.69) is 4.74 Å². The van der Waals surface area contributed by atoms with Crippen LogP contribution in [-0.2, 0) is 4.74 Å². The number of methoxy groups -OCH3 is 1. The van der Waals surface area contributed by atoms with Crippen molar-refractivity contribution >= 4 is 22.5 Å². The fourth-order valence-electron chi connectivity index (χ4n) is 2.25. The normalized spacial score (nSPS) is 11.1. The summed E-state index contributed by atoms with van der Waals surface area (Å²) in [5.41, 5.74) is 1.41. The number of rotatable bonds is 1. The first-order valence-corrected chi connectivity index (χ1v) is 5.75. The molecule has 0 amide bonds. The molecule has 0 aliphatic rings. The van der Waals surface area contributed by atoms with Gasteiger partial charge >= 0.3 is 11.6 Å². The van der Waals surface area contributed by atoms with E-state index in [1.807, 2.05) is 35.7 Å². The van der Waals surface area contributed by atoms with E-state index in [4.69, 9.17) is 4.42 Å². The molecule has 3 aromatic heterocycles. The first-order chi connectivity index (χ1) is 9.13. The maximum absolute atomic E-state index is 11.8. The minimum absolute atomic E-state index is 0.0913. The van der Waals surface area contributed by atoms with Crippen molar-refractivity contribution in [1.29, 1.82) is 0 Å². The second-order valence-electron chi connectivity index (χ2n) is 4.22. The number of hydrogen-bond donors (Lipinski definition) is 0. The lowest BCUT2D eigenvalue weighted by Crippen LogP contribution is -2.14. The fourth-order valence-corrected chi connectivity index (χ4v) is 2.25. The van der Waals surface area contributed by atoms with Gasteiger partial charge in [-0.05, 0) is 25.1 Å². The molecule has 3 rings (SSSR count). The first-order valence-electron chi connectivity index (χ1n) is 5.75. The van der Waals surface area contributed by atoms with Crippen LogP contribution in [0.15, 0.2) is 39.7 Å². The molecule has 0 saturated heterocycles. The van der Waals surface area contributed by atoms with Crippen molar-refractivity contribution in [3.05, 3.63) is 52.1 Å². The van der Waals surface area contributed by atoms with E-state index < -0.39 is 11.6 Å². The predicted octanol–water partition coefficient (Wildman–Crippen LogP) is 2.14. The van der Waals surface area contributed by atoms with E-state index in [1.54, 1.807) is 0 Å². The van der Waals surface area contributed by atoms with Crippen molar-refractivity contribution in [2.24, 2.45) is 0 Å². The average molecular weight is 257 g/mol. The molecule has 5 heteroatoms. The lowest BCUT2D eigenvalue weighted by molar-refractivity contribution is 0.0596. The second-order valence-corrected chi connectivity index (χ2v) is 4.22. The number of esters is 1. The quantitative estimate of drug-likeness (QED) is 0.627. The summed E-state index contributed by atoms with van der Waals surface area (Å²) in [5.74, 6) is -0.691. The van der Waals surface area contributed by atoms with Crippen LogP contribution in [0.1, 0.15) is 16.1 Å². The SMILES string of the molecule is COC(=O)c1cc2c(oc1=O)c(C)n1ccccc21. The number of fused-ring (bicyclic) bond motifs is 3. The van der Waals surface area contributed by atoms with E-state index in [0.717, 1.165) is 16.6 Å². The lowest BCUT2D eigenvalue weighted by atomic mass is 10.2. The number of aryl methyl sites for hydroxylation is 1. The lowest BCUT2D eigenvalue weighted by Gasteiger charge is -1.97. The highest BCUT2D eigenvalue weighted by Crippen LogP contribution is 2.25. The zero-order valence-electron chi connectivity index (χ0n) is 10.5. The number of aromatic nitrogens is 1. The Morgan fingerprint density at radius 2 is 2.16 bits per heavy atom. The molecule has 0 spiro atoms. The summed E-state index contributed by atoms with van der Waals surface area (Å²) in [7, 11) is 1.23. The molecule has 0 N–H and O–H groups in total. The standard InChI is InChI=1S/C14H11NO4/c1-8-12-9(11-5-3-4-6-15(8)11)7-10(13(16)18-2)14(17)19-12/h3-7H,1-2H3. The van der Waals surface area contributed by atoms with Crippen LogP contribution in [0.2, 0.25) is 0 Å². The summed E-state index contributed by atoms with van der Waals surface area (Å²) in [4.78, 5) is 23.3. The van der Waals surface area contributed by atoms with Crippen molar-refractivity contribution in [1.82, 2.24) is 4.40 Å². The zero-order valence-corrected chi connectivity index (χ0v) is 10.5. The topological polar surface area (TPSA) is 60.9 Å². The molecular formula is C14H11NO4. The third-order valence-electron chi connectivity index (χ3n) is 3.18. The van der Waals surface area contributed by atoms with Gasteiger partial charge < -0.3 is 13.6 Å². The van der Waals surface area contributed by atoms with Crippen molar-refractivity contribution in [3.8, 4) is 0 Å². The number of ether oxygens (including phenoxy) is 1. The zero-order chi connectivity index (χ0) is 13.6. The van der Waals surface area contributed by atoms with Gasteiger partial charge in [0.25, 0.3) is 0 Å². The van der Waals surface area contributed by atoms with E-state index in [-0.39, 0.29) is 5.56 Å². The van der Waals surface area contributed by atoms with Gasteiger partial charge in [-0.2, -0.15) is 0 Å². The molecule has 0 radical (unpaired) electrons. The van der Waals surface area contributed by atoms with Crippen LogP contribution >= 0.6 is 0 Å². The van der Waals surface area contributed by atoms with E-state index in [9.17, 15) is 9.59 Å². The van der Waals surface area contributed by atoms with Gasteiger partial charge in [-0.15, -0.1) is 0 Å². The number of nitrogens with zero attached hydrogens (tertiary/aromatic N) is 1. The van der Waals surface area contributed by atoms with Gasteiger partial charge in [-0.3, -0.25) is 0 Å². The second kappa shape index (κ2) is 3.98. The Kier molecular flexibility index (Phi) is 2.41. The maximum atomic E-state index is 11.8. The molecule has 0 aromatic carbocycles. The number of hydrogen-bond acceptors (Lipinski definition) is 4. The molecule has 0 aliphatic heterocycles. The van der Waals surface area contributed by atoms with Gasteiger partial charge in [0.1, 0.15) is 5.56 Å². The van der Waals surface area contributed by atoms with Crippen LogP contribution in [0.5, 0.6) is 0 Å². The van der Waals surface area contributed by atoms with Crippen molar-refractivity contribution in [3.63, 3.8) is 0 Å². The van der Waals surface area contributed by atoms with Gasteiger partial charge in [0, 0.05) is 11.6 Å². The van der Waals surface area contributed by atoms with Crippen LogP contribution in [-0.4, -0.2) is 17.5 Å². The third-order valence-corrected chi connectivity index (χ3v) is 3.18. The number of pyridine rings is 1. The smallest absolute Gasteiger partial charge is 0.351 e. The highest BCUT2D eigenvalue weighted by atomic mass is 16.5. The molecule has 3 aromatic rings. The highest BCUT2D eigenvalue weighted by molar-refractivity contribution is 6.00. The number of carbonyl (C=O) groups is 1. The van der Waals surface area contributed by atoms with Crippen LogP contribution < -0.4 is 5.63 Å². The molecule has 3 heterocycles. The maximum Gasteiger partial charge on any atom is 0.351 e. The Morgan fingerprint density at radius 3 is 2.89 bits per heavy atom. The van der Waals surface area contributed by atoms with E-state index in [1.165, 1.54) is 13.2 Å². The van der Waals surface area contributed by atoms with Crippen molar-refractivity contribution in [2.45, 2.75) is 6.92 Å². The molecule has 96 valence electrons. The molecule has 19 heavy (non-hydrogen) atoms. The van der Waals surface area contributed by atoms with E-state index in [0.29, 0.717) is 5.58 Å². The summed E-state index contributed by atoms with van der Waals surface area (Å²) < 4.78 is 11.7. The summed E-state index contributed by atoms with van der Waals surface area (Å²) in [6.07, 6.45) is 1.88. The van der Waals surface area contributed by atoms with Gasteiger partial charge in [0.05, 0.1) is 18.3 Å². The molecule has 0 fully saturated rings. The Labute approximate surface area is 108 Å². The summed E-state index contributed by atoms with van der Waals surface area (Å²) in [6.45, 7) is 1.86. The summed E-state index contributed by atoms with van der Waals surface area (Å²) in [6, 6.07) is 7.20. The first kappa shape index (κ1) is 11.5. The Hall–Kier alpha value is -2.56. The van der Waals surface area contributed by atoms with E-state index >= 15 is 0 Å². The fraction of sp³-hybridized carbons (Fsp3) is 0.143. The highest BCUT2D eigenvalue weighted by Gasteiger charge is 2.18. The molecule has 0 atom stereocenters. The minimum atomic E-state index is -0.691. The minimum Gasteiger partial charge on any atom is -0.465 e. The predicted molar refractivity (Wildman–Crippen MR) is 69.5 cm³/mol. The van der Waals surface area contributed by atoms with Gasteiger partial charge in [-0.1, -0.05) is 6.07 Å². The molecule has 0 bridgehead atoms. The van der Waals surface area contributed by atoms with Gasteiger partial charge in [0.2, 0.25) is 0 Å². The van der Waals surface area contributed by atoms with Gasteiger partial charge in [0.15, 0.2) is 5.58 Å². The van der Waals surface area contributed by atoms with Crippen LogP contribution in [0.25, 0.3) is 16.5 Å². The third kappa shape index (κ3) is 1.55. The molecule has 0 aliphatic carbocycles. The monoisotopic (exact) mass is 257 g/mol. The largest absolute Gasteiger partial charge is 0.465 e. The number of carbonyl (C=O) groups excluding carboxylic acids is 1. The van der Waals surface area contributed by atoms with Crippen LogP contribution in [0.3, 0.4) is 0 Å². The van der Waals surface area contributed by atoms with Crippen molar-refractivity contribution in [2.75, 3.05) is 7.11 Å². The molecule has 5 nitrogen and oxygen atoms in total.